The first-order valence-electron chi connectivity index (χ1n) is 6.72. The largest absolute Gasteiger partial charge is 0.374 e. The molecule has 0 aliphatic carbocycles. The molecule has 0 aliphatic rings. The first kappa shape index (κ1) is 15.9. The minimum atomic E-state index is -0.183. The van der Waals surface area contributed by atoms with Crippen LogP contribution in [0.2, 0.25) is 0 Å². The monoisotopic (exact) mass is 361 g/mol. The molecular formula is C15H24INO. The van der Waals surface area contributed by atoms with Crippen LogP contribution in [0, 0.1) is 3.57 Å². The Morgan fingerprint density at radius 2 is 1.72 bits per heavy atom. The van der Waals surface area contributed by atoms with Crippen molar-refractivity contribution < 1.29 is 4.74 Å². The quantitative estimate of drug-likeness (QED) is 0.751. The molecule has 2 nitrogen and oxygen atoms in total. The summed E-state index contributed by atoms with van der Waals surface area (Å²) in [5.41, 5.74) is 7.51. The maximum absolute atomic E-state index is 6.40. The lowest BCUT2D eigenvalue weighted by Crippen LogP contribution is -2.50. The molecule has 1 aromatic rings. The second-order valence-electron chi connectivity index (χ2n) is 4.64. The average Bonchev–Trinajstić information content (AvgIpc) is 2.38. The van der Waals surface area contributed by atoms with Crippen LogP contribution in [0.15, 0.2) is 24.3 Å². The van der Waals surface area contributed by atoms with Crippen LogP contribution in [0.3, 0.4) is 0 Å². The SMILES string of the molecule is CCOC(CC)(CC)C(N)Cc1ccc(I)cc1. The van der Waals surface area contributed by atoms with E-state index in [0.29, 0.717) is 0 Å². The summed E-state index contributed by atoms with van der Waals surface area (Å²) in [6, 6.07) is 8.62. The van der Waals surface area contributed by atoms with E-state index >= 15 is 0 Å². The zero-order valence-electron chi connectivity index (χ0n) is 11.6. The highest BCUT2D eigenvalue weighted by Crippen LogP contribution is 2.26. The summed E-state index contributed by atoms with van der Waals surface area (Å²) in [5.74, 6) is 0. The molecule has 1 atom stereocenters. The molecule has 0 spiro atoms. The van der Waals surface area contributed by atoms with E-state index in [-0.39, 0.29) is 11.6 Å². The molecule has 0 bridgehead atoms. The van der Waals surface area contributed by atoms with Crippen molar-refractivity contribution in [1.82, 2.24) is 0 Å². The zero-order chi connectivity index (χ0) is 13.6. The molecule has 0 fully saturated rings. The van der Waals surface area contributed by atoms with Gasteiger partial charge in [-0.15, -0.1) is 0 Å². The summed E-state index contributed by atoms with van der Waals surface area (Å²) in [6.45, 7) is 7.08. The molecule has 102 valence electrons. The van der Waals surface area contributed by atoms with E-state index in [4.69, 9.17) is 10.5 Å². The van der Waals surface area contributed by atoms with Gasteiger partial charge in [-0.1, -0.05) is 26.0 Å². The normalized spacial score (nSPS) is 13.6. The molecule has 18 heavy (non-hydrogen) atoms. The minimum absolute atomic E-state index is 0.0486. The van der Waals surface area contributed by atoms with Gasteiger partial charge in [0, 0.05) is 16.2 Å². The number of halogens is 1. The third kappa shape index (κ3) is 3.93. The van der Waals surface area contributed by atoms with E-state index in [1.165, 1.54) is 9.13 Å². The van der Waals surface area contributed by atoms with E-state index in [0.717, 1.165) is 25.9 Å². The molecule has 0 aliphatic heterocycles. The van der Waals surface area contributed by atoms with Gasteiger partial charge in [0.2, 0.25) is 0 Å². The summed E-state index contributed by atoms with van der Waals surface area (Å²) in [6.07, 6.45) is 2.80. The number of benzene rings is 1. The summed E-state index contributed by atoms with van der Waals surface area (Å²) in [4.78, 5) is 0. The van der Waals surface area contributed by atoms with Gasteiger partial charge in [-0.25, -0.2) is 0 Å². The predicted octanol–water partition coefficient (Wildman–Crippen LogP) is 3.76. The number of rotatable bonds is 7. The second kappa shape index (κ2) is 7.46. The van der Waals surface area contributed by atoms with Crippen LogP contribution < -0.4 is 5.73 Å². The third-order valence-electron chi connectivity index (χ3n) is 3.67. The zero-order valence-corrected chi connectivity index (χ0v) is 13.7. The summed E-state index contributed by atoms with van der Waals surface area (Å²) >= 11 is 2.32. The van der Waals surface area contributed by atoms with Gasteiger partial charge < -0.3 is 10.5 Å². The van der Waals surface area contributed by atoms with Crippen LogP contribution >= 0.6 is 22.6 Å². The fraction of sp³-hybridized carbons (Fsp3) is 0.600. The molecule has 0 aromatic heterocycles. The summed E-state index contributed by atoms with van der Waals surface area (Å²) in [5, 5.41) is 0. The van der Waals surface area contributed by atoms with Crippen LogP contribution in [-0.2, 0) is 11.2 Å². The Bertz CT molecular complexity index is 346. The lowest BCUT2D eigenvalue weighted by Gasteiger charge is -2.37. The fourth-order valence-corrected chi connectivity index (χ4v) is 2.79. The van der Waals surface area contributed by atoms with Crippen molar-refractivity contribution in [2.45, 2.75) is 51.7 Å². The van der Waals surface area contributed by atoms with Gasteiger partial charge in [-0.3, -0.25) is 0 Å². The molecule has 1 rings (SSSR count). The van der Waals surface area contributed by atoms with Crippen molar-refractivity contribution in [1.29, 1.82) is 0 Å². The highest BCUT2D eigenvalue weighted by Gasteiger charge is 2.33. The molecule has 1 aromatic carbocycles. The van der Waals surface area contributed by atoms with E-state index in [9.17, 15) is 0 Å². The molecule has 0 heterocycles. The van der Waals surface area contributed by atoms with Gasteiger partial charge in [-0.05, 0) is 66.5 Å². The number of ether oxygens (including phenoxy) is 1. The van der Waals surface area contributed by atoms with Crippen LogP contribution in [-0.4, -0.2) is 18.2 Å². The number of nitrogens with two attached hydrogens (primary N) is 1. The molecule has 0 saturated carbocycles. The summed E-state index contributed by atoms with van der Waals surface area (Å²) in [7, 11) is 0. The Kier molecular flexibility index (Phi) is 6.60. The molecule has 2 N–H and O–H groups in total. The molecule has 1 unspecified atom stereocenters. The van der Waals surface area contributed by atoms with Gasteiger partial charge in [0.1, 0.15) is 0 Å². The smallest absolute Gasteiger partial charge is 0.0830 e. The van der Waals surface area contributed by atoms with Gasteiger partial charge in [0.25, 0.3) is 0 Å². The average molecular weight is 361 g/mol. The van der Waals surface area contributed by atoms with E-state index in [1.54, 1.807) is 0 Å². The number of hydrogen-bond donors (Lipinski definition) is 1. The lowest BCUT2D eigenvalue weighted by atomic mass is 9.85. The standard InChI is InChI=1S/C15H24INO/c1-4-15(5-2,18-6-3)14(17)11-12-7-9-13(16)10-8-12/h7-10,14H,4-6,11,17H2,1-3H3. The second-order valence-corrected chi connectivity index (χ2v) is 5.89. The Hall–Kier alpha value is -0.130. The fourth-order valence-electron chi connectivity index (χ4n) is 2.43. The maximum Gasteiger partial charge on any atom is 0.0830 e. The highest BCUT2D eigenvalue weighted by molar-refractivity contribution is 14.1. The van der Waals surface area contributed by atoms with Crippen LogP contribution in [0.4, 0.5) is 0 Å². The minimum Gasteiger partial charge on any atom is -0.374 e. The molecule has 0 radical (unpaired) electrons. The number of hydrogen-bond acceptors (Lipinski definition) is 2. The van der Waals surface area contributed by atoms with Crippen molar-refractivity contribution >= 4 is 22.6 Å². The first-order valence-corrected chi connectivity index (χ1v) is 7.79. The van der Waals surface area contributed by atoms with Crippen molar-refractivity contribution in [2.24, 2.45) is 5.73 Å². The first-order chi connectivity index (χ1) is 8.57. The predicted molar refractivity (Wildman–Crippen MR) is 85.8 cm³/mol. The molecule has 0 saturated heterocycles. The van der Waals surface area contributed by atoms with Gasteiger partial charge in [0.15, 0.2) is 0 Å². The van der Waals surface area contributed by atoms with E-state index in [2.05, 4.69) is 60.7 Å². The van der Waals surface area contributed by atoms with Crippen molar-refractivity contribution in [3.8, 4) is 0 Å². The Morgan fingerprint density at radius 1 is 1.17 bits per heavy atom. The van der Waals surface area contributed by atoms with Crippen LogP contribution in [0.5, 0.6) is 0 Å². The van der Waals surface area contributed by atoms with Gasteiger partial charge >= 0.3 is 0 Å². The lowest BCUT2D eigenvalue weighted by molar-refractivity contribution is -0.0633. The Balaban J connectivity index is 2.77. The van der Waals surface area contributed by atoms with Gasteiger partial charge in [-0.2, -0.15) is 0 Å². The van der Waals surface area contributed by atoms with Crippen LogP contribution in [0.1, 0.15) is 39.2 Å². The van der Waals surface area contributed by atoms with Crippen LogP contribution in [0.25, 0.3) is 0 Å². The van der Waals surface area contributed by atoms with Crippen molar-refractivity contribution in [3.63, 3.8) is 0 Å². The van der Waals surface area contributed by atoms with Crippen molar-refractivity contribution in [3.05, 3.63) is 33.4 Å². The third-order valence-corrected chi connectivity index (χ3v) is 4.39. The Morgan fingerprint density at radius 3 is 2.17 bits per heavy atom. The highest BCUT2D eigenvalue weighted by atomic mass is 127. The van der Waals surface area contributed by atoms with E-state index < -0.39 is 0 Å². The molecule has 0 amide bonds. The van der Waals surface area contributed by atoms with Gasteiger partial charge in [0.05, 0.1) is 5.60 Å². The van der Waals surface area contributed by atoms with Crippen molar-refractivity contribution in [2.75, 3.05) is 6.61 Å². The topological polar surface area (TPSA) is 35.2 Å². The Labute approximate surface area is 124 Å². The summed E-state index contributed by atoms with van der Waals surface area (Å²) < 4.78 is 7.22. The van der Waals surface area contributed by atoms with E-state index in [1.807, 2.05) is 6.92 Å². The maximum atomic E-state index is 6.40. The molecule has 3 heteroatoms. The molecular weight excluding hydrogens is 337 g/mol.